The van der Waals surface area contributed by atoms with Crippen LogP contribution in [0.25, 0.3) is 11.0 Å². The Morgan fingerprint density at radius 3 is 2.72 bits per heavy atom. The van der Waals surface area contributed by atoms with Gasteiger partial charge in [0.2, 0.25) is 0 Å². The fraction of sp³-hybridized carbons (Fsp3) is 0.368. The van der Waals surface area contributed by atoms with E-state index in [1.165, 1.54) is 6.26 Å². The maximum Gasteiger partial charge on any atom is 0.310 e. The number of furan rings is 1. The number of carbonyl (C=O) groups excluding carboxylic acids is 2. The Morgan fingerprint density at radius 1 is 1.32 bits per heavy atom. The molecule has 25 heavy (non-hydrogen) atoms. The van der Waals surface area contributed by atoms with Crippen molar-refractivity contribution in [1.82, 2.24) is 4.90 Å². The summed E-state index contributed by atoms with van der Waals surface area (Å²) >= 11 is 0. The molecule has 134 valence electrons. The van der Waals surface area contributed by atoms with Gasteiger partial charge in [-0.25, -0.2) is 0 Å². The van der Waals surface area contributed by atoms with Crippen LogP contribution in [0.1, 0.15) is 19.4 Å². The molecule has 1 heterocycles. The van der Waals surface area contributed by atoms with Crippen LogP contribution in [0.15, 0.2) is 41.0 Å². The topological polar surface area (TPSA) is 69.0 Å². The number of fused-ring (bicyclic) bond motifs is 1. The smallest absolute Gasteiger partial charge is 0.310 e. The molecule has 0 radical (unpaired) electrons. The maximum absolute atomic E-state index is 12.1. The first-order chi connectivity index (χ1) is 11.9. The average molecular weight is 345 g/mol. The van der Waals surface area contributed by atoms with Crippen LogP contribution in [-0.2, 0) is 20.7 Å². The van der Waals surface area contributed by atoms with Crippen molar-refractivity contribution in [2.75, 3.05) is 26.8 Å². The number of likely N-dealkylation sites (N-methyl/N-ethyl adjacent to an activating group) is 1. The molecule has 1 amide bonds. The molecule has 6 heteroatoms. The quantitative estimate of drug-likeness (QED) is 0.543. The number of ether oxygens (including phenoxy) is 2. The van der Waals surface area contributed by atoms with E-state index >= 15 is 0 Å². The summed E-state index contributed by atoms with van der Waals surface area (Å²) in [4.78, 5) is 25.7. The van der Waals surface area contributed by atoms with Crippen molar-refractivity contribution >= 4 is 22.8 Å². The van der Waals surface area contributed by atoms with Crippen LogP contribution in [-0.4, -0.2) is 43.6 Å². The van der Waals surface area contributed by atoms with Crippen molar-refractivity contribution in [2.45, 2.75) is 20.3 Å². The minimum Gasteiger partial charge on any atom is -0.497 e. The number of carbonyl (C=O) groups is 2. The third kappa shape index (κ3) is 4.86. The van der Waals surface area contributed by atoms with E-state index in [-0.39, 0.29) is 18.9 Å². The summed E-state index contributed by atoms with van der Waals surface area (Å²) in [7, 11) is 1.58. The molecule has 0 bridgehead atoms. The van der Waals surface area contributed by atoms with Gasteiger partial charge in [0.05, 0.1) is 19.8 Å². The number of hydrogen-bond acceptors (Lipinski definition) is 5. The van der Waals surface area contributed by atoms with Crippen molar-refractivity contribution in [3.63, 3.8) is 0 Å². The number of esters is 1. The lowest BCUT2D eigenvalue weighted by atomic mass is 10.1. The Kier molecular flexibility index (Phi) is 6.22. The van der Waals surface area contributed by atoms with Gasteiger partial charge in [-0.15, -0.1) is 0 Å². The van der Waals surface area contributed by atoms with E-state index in [1.807, 2.05) is 19.9 Å². The van der Waals surface area contributed by atoms with Gasteiger partial charge in [0.1, 0.15) is 11.3 Å². The summed E-state index contributed by atoms with van der Waals surface area (Å²) in [6.07, 6.45) is 1.56. The molecule has 0 aliphatic heterocycles. The molecule has 0 atom stereocenters. The first-order valence-corrected chi connectivity index (χ1v) is 8.06. The normalized spacial score (nSPS) is 10.5. The molecule has 0 aliphatic carbocycles. The molecule has 2 rings (SSSR count). The number of benzene rings is 1. The summed E-state index contributed by atoms with van der Waals surface area (Å²) in [6, 6.07) is 5.38. The SMILES string of the molecule is C=C(C)CN(CC)C(=O)COC(=O)Cc1coc2cc(OC)ccc12. The second-order valence-corrected chi connectivity index (χ2v) is 5.83. The van der Waals surface area contributed by atoms with E-state index < -0.39 is 5.97 Å². The fourth-order valence-corrected chi connectivity index (χ4v) is 2.47. The highest BCUT2D eigenvalue weighted by atomic mass is 16.5. The van der Waals surface area contributed by atoms with E-state index in [1.54, 1.807) is 24.1 Å². The van der Waals surface area contributed by atoms with Crippen LogP contribution < -0.4 is 4.74 Å². The van der Waals surface area contributed by atoms with E-state index in [0.29, 0.717) is 30.0 Å². The predicted octanol–water partition coefficient (Wildman–Crippen LogP) is 2.95. The van der Waals surface area contributed by atoms with Gasteiger partial charge in [-0.05, 0) is 26.0 Å². The molecule has 0 aliphatic rings. The van der Waals surface area contributed by atoms with Crippen molar-refractivity contribution in [3.8, 4) is 5.75 Å². The summed E-state index contributed by atoms with van der Waals surface area (Å²) in [6.45, 7) is 8.23. The number of methoxy groups -OCH3 is 1. The summed E-state index contributed by atoms with van der Waals surface area (Å²) < 4.78 is 15.7. The van der Waals surface area contributed by atoms with E-state index in [4.69, 9.17) is 13.9 Å². The average Bonchev–Trinajstić information content (AvgIpc) is 2.99. The Morgan fingerprint density at radius 2 is 2.08 bits per heavy atom. The minimum absolute atomic E-state index is 0.0409. The second kappa shape index (κ2) is 8.37. The van der Waals surface area contributed by atoms with Crippen LogP contribution in [0.3, 0.4) is 0 Å². The highest BCUT2D eigenvalue weighted by Gasteiger charge is 2.16. The molecule has 0 spiro atoms. The second-order valence-electron chi connectivity index (χ2n) is 5.83. The third-order valence-corrected chi connectivity index (χ3v) is 3.75. The zero-order chi connectivity index (χ0) is 18.4. The molecule has 0 saturated heterocycles. The molecule has 0 fully saturated rings. The summed E-state index contributed by atoms with van der Waals surface area (Å²) in [5.74, 6) is -0.0300. The monoisotopic (exact) mass is 345 g/mol. The van der Waals surface area contributed by atoms with Crippen LogP contribution in [0, 0.1) is 0 Å². The molecule has 2 aromatic rings. The molecule has 0 unspecified atom stereocenters. The standard InChI is InChI=1S/C19H23NO5/c1-5-20(10-13(2)3)18(21)12-25-19(22)8-14-11-24-17-9-15(23-4)6-7-16(14)17/h6-7,9,11H,2,5,8,10,12H2,1,3-4H3. The van der Waals surface area contributed by atoms with Gasteiger partial charge in [-0.3, -0.25) is 9.59 Å². The Labute approximate surface area is 147 Å². The predicted molar refractivity (Wildman–Crippen MR) is 94.5 cm³/mol. The van der Waals surface area contributed by atoms with E-state index in [2.05, 4.69) is 6.58 Å². The lowest BCUT2D eigenvalue weighted by molar-refractivity contribution is -0.151. The van der Waals surface area contributed by atoms with Gasteiger partial charge in [0.15, 0.2) is 6.61 Å². The lowest BCUT2D eigenvalue weighted by Crippen LogP contribution is -2.35. The van der Waals surface area contributed by atoms with Crippen LogP contribution in [0.5, 0.6) is 5.75 Å². The number of hydrogen-bond donors (Lipinski definition) is 0. The van der Waals surface area contributed by atoms with Crippen LogP contribution in [0.2, 0.25) is 0 Å². The molecule has 0 saturated carbocycles. The summed E-state index contributed by atoms with van der Waals surface area (Å²) in [5.41, 5.74) is 2.23. The van der Waals surface area contributed by atoms with Crippen molar-refractivity contribution in [1.29, 1.82) is 0 Å². The highest BCUT2D eigenvalue weighted by Crippen LogP contribution is 2.26. The van der Waals surface area contributed by atoms with Crippen molar-refractivity contribution in [3.05, 3.63) is 42.2 Å². The van der Waals surface area contributed by atoms with Gasteiger partial charge >= 0.3 is 5.97 Å². The zero-order valence-corrected chi connectivity index (χ0v) is 14.8. The molecule has 1 aromatic heterocycles. The van der Waals surface area contributed by atoms with Gasteiger partial charge < -0.3 is 18.8 Å². The van der Waals surface area contributed by atoms with Crippen LogP contribution in [0.4, 0.5) is 0 Å². The summed E-state index contributed by atoms with van der Waals surface area (Å²) in [5, 5.41) is 0.821. The third-order valence-electron chi connectivity index (χ3n) is 3.75. The highest BCUT2D eigenvalue weighted by molar-refractivity contribution is 5.87. The van der Waals surface area contributed by atoms with E-state index in [9.17, 15) is 9.59 Å². The van der Waals surface area contributed by atoms with Crippen molar-refractivity contribution in [2.24, 2.45) is 0 Å². The zero-order valence-electron chi connectivity index (χ0n) is 14.8. The van der Waals surface area contributed by atoms with E-state index in [0.717, 1.165) is 11.0 Å². The fourth-order valence-electron chi connectivity index (χ4n) is 2.47. The molecule has 0 N–H and O–H groups in total. The number of amides is 1. The Balaban J connectivity index is 1.94. The molecule has 6 nitrogen and oxygen atoms in total. The maximum atomic E-state index is 12.1. The van der Waals surface area contributed by atoms with Crippen molar-refractivity contribution < 1.29 is 23.5 Å². The first-order valence-electron chi connectivity index (χ1n) is 8.06. The Hall–Kier alpha value is -2.76. The van der Waals surface area contributed by atoms with Crippen LogP contribution >= 0.6 is 0 Å². The lowest BCUT2D eigenvalue weighted by Gasteiger charge is -2.20. The first kappa shape index (κ1) is 18.6. The Bertz CT molecular complexity index is 777. The van der Waals surface area contributed by atoms with Gasteiger partial charge in [-0.2, -0.15) is 0 Å². The van der Waals surface area contributed by atoms with Gasteiger partial charge in [0.25, 0.3) is 5.91 Å². The minimum atomic E-state index is -0.474. The molecular formula is C19H23NO5. The number of nitrogens with zero attached hydrogens (tertiary/aromatic N) is 1. The van der Waals surface area contributed by atoms with Gasteiger partial charge in [0, 0.05) is 30.1 Å². The molecular weight excluding hydrogens is 322 g/mol. The largest absolute Gasteiger partial charge is 0.497 e. The molecule has 1 aromatic carbocycles. The number of rotatable bonds is 8. The van der Waals surface area contributed by atoms with Gasteiger partial charge in [-0.1, -0.05) is 12.2 Å².